The van der Waals surface area contributed by atoms with Crippen molar-refractivity contribution < 1.29 is 9.90 Å². The van der Waals surface area contributed by atoms with Crippen molar-refractivity contribution >= 4 is 18.3 Å². The fourth-order valence-corrected chi connectivity index (χ4v) is 3.97. The lowest BCUT2D eigenvalue weighted by atomic mass is 9.86. The minimum Gasteiger partial charge on any atom is -0.395 e. The minimum atomic E-state index is 0. The Hall–Kier alpha value is -1.14. The summed E-state index contributed by atoms with van der Waals surface area (Å²) in [4.78, 5) is 16.7. The van der Waals surface area contributed by atoms with Gasteiger partial charge in [-0.3, -0.25) is 9.69 Å². The third-order valence-electron chi connectivity index (χ3n) is 5.25. The van der Waals surface area contributed by atoms with Gasteiger partial charge in [-0.05, 0) is 30.4 Å². The number of nitrogens with zero attached hydrogens (tertiary/aromatic N) is 2. The first-order valence-corrected chi connectivity index (χ1v) is 9.21. The molecule has 0 saturated carbocycles. The minimum absolute atomic E-state index is 0. The van der Waals surface area contributed by atoms with Gasteiger partial charge in [-0.2, -0.15) is 0 Å². The van der Waals surface area contributed by atoms with E-state index in [1.165, 1.54) is 17.5 Å². The van der Waals surface area contributed by atoms with E-state index < -0.39 is 0 Å². The van der Waals surface area contributed by atoms with Gasteiger partial charge in [-0.15, -0.1) is 12.4 Å². The highest BCUT2D eigenvalue weighted by Crippen LogP contribution is 2.34. The summed E-state index contributed by atoms with van der Waals surface area (Å²) in [5.74, 6) is 0.239. The van der Waals surface area contributed by atoms with Crippen molar-refractivity contribution in [3.63, 3.8) is 0 Å². The molecule has 140 valence electrons. The summed E-state index contributed by atoms with van der Waals surface area (Å²) in [6.07, 6.45) is 3.96. The van der Waals surface area contributed by atoms with Crippen LogP contribution >= 0.6 is 12.4 Å². The van der Waals surface area contributed by atoms with Crippen LogP contribution in [-0.4, -0.2) is 66.7 Å². The van der Waals surface area contributed by atoms with Crippen LogP contribution in [0.25, 0.3) is 0 Å². The maximum atomic E-state index is 12.4. The molecule has 1 atom stereocenters. The Balaban J connectivity index is 0.00000225. The largest absolute Gasteiger partial charge is 0.395 e. The summed E-state index contributed by atoms with van der Waals surface area (Å²) in [6, 6.07) is 8.95. The molecule has 25 heavy (non-hydrogen) atoms. The second-order valence-electron chi connectivity index (χ2n) is 6.75. The Bertz CT molecular complexity index is 549. The van der Waals surface area contributed by atoms with E-state index in [1.54, 1.807) is 0 Å². The maximum absolute atomic E-state index is 12.4. The Morgan fingerprint density at radius 2 is 2.00 bits per heavy atom. The number of aliphatic hydroxyl groups excluding tert-OH is 1. The van der Waals surface area contributed by atoms with Crippen LogP contribution in [0.3, 0.4) is 0 Å². The van der Waals surface area contributed by atoms with Crippen molar-refractivity contribution in [1.29, 1.82) is 0 Å². The molecule has 0 radical (unpaired) electrons. The molecule has 5 nitrogen and oxygen atoms in total. The van der Waals surface area contributed by atoms with Crippen LogP contribution in [0.5, 0.6) is 0 Å². The molecule has 0 aromatic heterocycles. The molecule has 1 amide bonds. The molecular weight excluding hydrogens is 338 g/mol. The summed E-state index contributed by atoms with van der Waals surface area (Å²) in [7, 11) is 0. The number of rotatable bonds is 6. The summed E-state index contributed by atoms with van der Waals surface area (Å²) in [5.41, 5.74) is 2.80. The van der Waals surface area contributed by atoms with Gasteiger partial charge in [0.25, 0.3) is 0 Å². The fraction of sp³-hybridized carbons (Fsp3) is 0.632. The van der Waals surface area contributed by atoms with E-state index in [4.69, 9.17) is 0 Å². The van der Waals surface area contributed by atoms with E-state index >= 15 is 0 Å². The van der Waals surface area contributed by atoms with Gasteiger partial charge < -0.3 is 15.3 Å². The average molecular weight is 368 g/mol. The van der Waals surface area contributed by atoms with Crippen LogP contribution in [0, 0.1) is 0 Å². The number of halogens is 1. The van der Waals surface area contributed by atoms with Crippen LogP contribution in [0.1, 0.15) is 36.4 Å². The number of nitrogens with one attached hydrogen (secondary N) is 1. The molecule has 1 aliphatic carbocycles. The number of benzene rings is 1. The summed E-state index contributed by atoms with van der Waals surface area (Å²) >= 11 is 0. The van der Waals surface area contributed by atoms with Crippen molar-refractivity contribution in [2.75, 3.05) is 45.9 Å². The first-order valence-electron chi connectivity index (χ1n) is 9.21. The lowest BCUT2D eigenvalue weighted by molar-refractivity contribution is -0.132. The van der Waals surface area contributed by atoms with Crippen molar-refractivity contribution in [1.82, 2.24) is 15.1 Å². The smallest absolute Gasteiger partial charge is 0.223 e. The molecular formula is C19H30ClN3O2. The lowest BCUT2D eigenvalue weighted by Crippen LogP contribution is -2.47. The van der Waals surface area contributed by atoms with Crippen LogP contribution in [0.4, 0.5) is 0 Å². The predicted octanol–water partition coefficient (Wildman–Crippen LogP) is 1.60. The van der Waals surface area contributed by atoms with Gasteiger partial charge in [-0.25, -0.2) is 0 Å². The van der Waals surface area contributed by atoms with E-state index in [9.17, 15) is 9.90 Å². The second kappa shape index (κ2) is 10.1. The molecule has 2 aliphatic rings. The van der Waals surface area contributed by atoms with E-state index in [-0.39, 0.29) is 24.9 Å². The molecule has 1 aromatic carbocycles. The number of hydrogen-bond donors (Lipinski definition) is 2. The standard InChI is InChI=1S/C19H29N3O2.ClH/c23-15-14-21(11-8-19(24)22-12-9-20-10-13-22)18-7-3-5-16-4-1-2-6-17(16)18;/h1-2,4,6,18,20,23H,3,5,7-15H2;1H. The number of aliphatic hydroxyl groups is 1. The molecule has 1 saturated heterocycles. The molecule has 0 bridgehead atoms. The van der Waals surface area contributed by atoms with Gasteiger partial charge >= 0.3 is 0 Å². The molecule has 1 heterocycles. The molecule has 3 rings (SSSR count). The number of hydrogen-bond acceptors (Lipinski definition) is 4. The zero-order chi connectivity index (χ0) is 16.8. The van der Waals surface area contributed by atoms with Crippen molar-refractivity contribution in [3.05, 3.63) is 35.4 Å². The quantitative estimate of drug-likeness (QED) is 0.802. The highest BCUT2D eigenvalue weighted by Gasteiger charge is 2.26. The number of aryl methyl sites for hydroxylation is 1. The highest BCUT2D eigenvalue weighted by atomic mass is 35.5. The van der Waals surface area contributed by atoms with E-state index in [0.717, 1.165) is 45.6 Å². The lowest BCUT2D eigenvalue weighted by Gasteiger charge is -2.36. The zero-order valence-corrected chi connectivity index (χ0v) is 15.6. The predicted molar refractivity (Wildman–Crippen MR) is 102 cm³/mol. The van der Waals surface area contributed by atoms with Gasteiger partial charge in [0.1, 0.15) is 0 Å². The van der Waals surface area contributed by atoms with Gasteiger partial charge in [0.2, 0.25) is 5.91 Å². The fourth-order valence-electron chi connectivity index (χ4n) is 3.97. The topological polar surface area (TPSA) is 55.8 Å². The van der Waals surface area contributed by atoms with E-state index in [0.29, 0.717) is 19.0 Å². The molecule has 1 aromatic rings. The SMILES string of the molecule is Cl.O=C(CCN(CCO)C1CCCc2ccccc21)N1CCNCC1. The number of piperazine rings is 1. The van der Waals surface area contributed by atoms with E-state index in [2.05, 4.69) is 34.5 Å². The average Bonchev–Trinajstić information content (AvgIpc) is 2.65. The highest BCUT2D eigenvalue weighted by molar-refractivity contribution is 5.85. The van der Waals surface area contributed by atoms with Crippen molar-refractivity contribution in [2.24, 2.45) is 0 Å². The molecule has 1 unspecified atom stereocenters. The van der Waals surface area contributed by atoms with Crippen LogP contribution in [0.15, 0.2) is 24.3 Å². The number of fused-ring (bicyclic) bond motifs is 1. The molecule has 6 heteroatoms. The Morgan fingerprint density at radius 1 is 1.24 bits per heavy atom. The van der Waals surface area contributed by atoms with Gasteiger partial charge in [0.15, 0.2) is 0 Å². The molecule has 2 N–H and O–H groups in total. The Kier molecular flexibility index (Phi) is 8.16. The summed E-state index contributed by atoms with van der Waals surface area (Å²) in [5, 5.41) is 12.8. The molecule has 1 aliphatic heterocycles. The van der Waals surface area contributed by atoms with Crippen LogP contribution in [-0.2, 0) is 11.2 Å². The number of amides is 1. The second-order valence-corrected chi connectivity index (χ2v) is 6.75. The first kappa shape index (κ1) is 20.2. The normalized spacial score (nSPS) is 20.1. The first-order chi connectivity index (χ1) is 11.8. The Morgan fingerprint density at radius 3 is 2.76 bits per heavy atom. The zero-order valence-electron chi connectivity index (χ0n) is 14.8. The van der Waals surface area contributed by atoms with Gasteiger partial charge in [0.05, 0.1) is 6.61 Å². The molecule has 1 fully saturated rings. The third kappa shape index (κ3) is 5.17. The summed E-state index contributed by atoms with van der Waals surface area (Å²) in [6.45, 7) is 4.90. The summed E-state index contributed by atoms with van der Waals surface area (Å²) < 4.78 is 0. The van der Waals surface area contributed by atoms with Gasteiger partial charge in [0, 0.05) is 51.7 Å². The third-order valence-corrected chi connectivity index (χ3v) is 5.25. The van der Waals surface area contributed by atoms with Crippen molar-refractivity contribution in [3.8, 4) is 0 Å². The number of carbonyl (C=O) groups is 1. The van der Waals surface area contributed by atoms with Crippen LogP contribution < -0.4 is 5.32 Å². The van der Waals surface area contributed by atoms with Gasteiger partial charge in [-0.1, -0.05) is 24.3 Å². The molecule has 0 spiro atoms. The van der Waals surface area contributed by atoms with E-state index in [1.807, 2.05) is 4.90 Å². The van der Waals surface area contributed by atoms with Crippen molar-refractivity contribution in [2.45, 2.75) is 31.7 Å². The monoisotopic (exact) mass is 367 g/mol. The number of carbonyl (C=O) groups excluding carboxylic acids is 1. The maximum Gasteiger partial charge on any atom is 0.223 e. The van der Waals surface area contributed by atoms with Crippen LogP contribution in [0.2, 0.25) is 0 Å². The Labute approximate surface area is 156 Å².